The molecule has 0 saturated carbocycles. The van der Waals surface area contributed by atoms with Crippen LogP contribution in [-0.4, -0.2) is 27.1 Å². The molecule has 16 heavy (non-hydrogen) atoms. The molecule has 0 rings (SSSR count). The topological polar surface area (TPSA) is 77.3 Å². The van der Waals surface area contributed by atoms with E-state index in [0.29, 0.717) is 0 Å². The van der Waals surface area contributed by atoms with Gasteiger partial charge in [0.25, 0.3) is 0 Å². The minimum atomic E-state index is -1.98. The van der Waals surface area contributed by atoms with Gasteiger partial charge in [0.2, 0.25) is 8.32 Å². The molecule has 0 N–H and O–H groups in total. The molecule has 92 valence electrons. The van der Waals surface area contributed by atoms with Crippen molar-refractivity contribution in [2.75, 3.05) is 6.61 Å². The fourth-order valence-corrected chi connectivity index (χ4v) is 1.20. The molecule has 0 aliphatic heterocycles. The Morgan fingerprint density at radius 3 is 2.06 bits per heavy atom. The number of rotatable bonds is 3. The number of carbonyl (C=O) groups excluding carboxylic acids is 2. The summed E-state index contributed by atoms with van der Waals surface area (Å²) < 4.78 is 9.63. The van der Waals surface area contributed by atoms with E-state index in [1.165, 1.54) is 0 Å². The highest BCUT2D eigenvalue weighted by Gasteiger charge is 2.19. The van der Waals surface area contributed by atoms with Crippen LogP contribution < -0.4 is 0 Å². The Hall–Kier alpha value is -1.24. The lowest BCUT2D eigenvalue weighted by Gasteiger charge is -2.13. The summed E-state index contributed by atoms with van der Waals surface area (Å²) in [6, 6.07) is 0. The van der Waals surface area contributed by atoms with E-state index >= 15 is 0 Å². The van der Waals surface area contributed by atoms with Crippen LogP contribution in [0.2, 0.25) is 19.6 Å². The fraction of sp³-hybridized carbons (Fsp3) is 0.778. The van der Waals surface area contributed by atoms with Gasteiger partial charge in [-0.1, -0.05) is 24.1 Å². The second-order valence-corrected chi connectivity index (χ2v) is 9.08. The van der Waals surface area contributed by atoms with Crippen LogP contribution in [0.4, 0.5) is 9.59 Å². The molecule has 0 radical (unpaired) electrons. The molecule has 0 unspecified atom stereocenters. The summed E-state index contributed by atoms with van der Waals surface area (Å²) in [4.78, 5) is 22.0. The van der Waals surface area contributed by atoms with Crippen molar-refractivity contribution in [1.29, 1.82) is 0 Å². The van der Waals surface area contributed by atoms with Crippen molar-refractivity contribution in [2.45, 2.75) is 33.5 Å². The number of azo groups is 1. The maximum atomic E-state index is 11.0. The molecule has 0 heterocycles. The normalized spacial score (nSPS) is 11.9. The second-order valence-electron chi connectivity index (χ2n) is 4.65. The third kappa shape index (κ3) is 9.32. The lowest BCUT2D eigenvalue weighted by molar-refractivity contribution is 0.141. The molecule has 0 bridgehead atoms. The van der Waals surface area contributed by atoms with Gasteiger partial charge in [-0.05, 0) is 25.6 Å². The average Bonchev–Trinajstić information content (AvgIpc) is 2.08. The lowest BCUT2D eigenvalue weighted by atomic mass is 10.2. The SMILES string of the molecule is CC(C)COC(=O)/N=N/C(=O)O[Si](C)(C)C. The largest absolute Gasteiger partial charge is 0.502 e. The Morgan fingerprint density at radius 1 is 1.12 bits per heavy atom. The number of hydrogen-bond acceptors (Lipinski definition) is 4. The Labute approximate surface area is 96.2 Å². The fourth-order valence-electron chi connectivity index (χ4n) is 0.631. The highest BCUT2D eigenvalue weighted by atomic mass is 28.4. The van der Waals surface area contributed by atoms with Gasteiger partial charge in [0.1, 0.15) is 0 Å². The summed E-state index contributed by atoms with van der Waals surface area (Å²) in [6.07, 6.45) is -1.72. The summed E-state index contributed by atoms with van der Waals surface area (Å²) >= 11 is 0. The zero-order valence-corrected chi connectivity index (χ0v) is 11.3. The zero-order valence-electron chi connectivity index (χ0n) is 10.3. The maximum absolute atomic E-state index is 11.0. The van der Waals surface area contributed by atoms with Gasteiger partial charge in [0, 0.05) is 0 Å². The summed E-state index contributed by atoms with van der Waals surface area (Å²) in [7, 11) is -1.98. The second kappa shape index (κ2) is 6.36. The van der Waals surface area contributed by atoms with E-state index in [1.807, 2.05) is 33.5 Å². The highest BCUT2D eigenvalue weighted by Crippen LogP contribution is 2.04. The van der Waals surface area contributed by atoms with Gasteiger partial charge in [-0.2, -0.15) is 0 Å². The van der Waals surface area contributed by atoms with E-state index < -0.39 is 20.5 Å². The Bertz CT molecular complexity index is 284. The molecular weight excluding hydrogens is 228 g/mol. The van der Waals surface area contributed by atoms with Crippen molar-refractivity contribution in [3.8, 4) is 0 Å². The van der Waals surface area contributed by atoms with Crippen molar-refractivity contribution in [2.24, 2.45) is 16.1 Å². The van der Waals surface area contributed by atoms with Crippen molar-refractivity contribution in [3.63, 3.8) is 0 Å². The number of hydrogen-bond donors (Lipinski definition) is 0. The predicted octanol–water partition coefficient (Wildman–Crippen LogP) is 3.20. The standard InChI is InChI=1S/C9H18N2O4Si/c1-7(2)6-14-8(12)10-11-9(13)15-16(3,4)5/h7H,6H2,1-5H3/b11-10+. The number of ether oxygens (including phenoxy) is 1. The molecule has 0 atom stereocenters. The quantitative estimate of drug-likeness (QED) is 0.566. The molecule has 0 aliphatic carbocycles. The minimum absolute atomic E-state index is 0.216. The molecule has 6 nitrogen and oxygen atoms in total. The number of nitrogens with zero attached hydrogens (tertiary/aromatic N) is 2. The summed E-state index contributed by atoms with van der Waals surface area (Å²) in [5.41, 5.74) is 0. The average molecular weight is 246 g/mol. The zero-order chi connectivity index (χ0) is 12.8. The lowest BCUT2D eigenvalue weighted by Crippen LogP contribution is -2.27. The third-order valence-electron chi connectivity index (χ3n) is 1.15. The Kier molecular flexibility index (Phi) is 5.87. The van der Waals surface area contributed by atoms with Gasteiger partial charge in [0.15, 0.2) is 0 Å². The molecule has 0 spiro atoms. The maximum Gasteiger partial charge on any atom is 0.452 e. The summed E-state index contributed by atoms with van der Waals surface area (Å²) in [5, 5.41) is 6.20. The van der Waals surface area contributed by atoms with E-state index in [4.69, 9.17) is 4.43 Å². The van der Waals surface area contributed by atoms with Crippen molar-refractivity contribution >= 4 is 20.5 Å². The van der Waals surface area contributed by atoms with Gasteiger partial charge in [-0.15, -0.1) is 0 Å². The smallest absolute Gasteiger partial charge is 0.452 e. The van der Waals surface area contributed by atoms with E-state index in [1.54, 1.807) is 0 Å². The van der Waals surface area contributed by atoms with E-state index in [9.17, 15) is 9.59 Å². The van der Waals surface area contributed by atoms with Crippen LogP contribution in [0.5, 0.6) is 0 Å². The number of carbonyl (C=O) groups is 2. The van der Waals surface area contributed by atoms with Gasteiger partial charge >= 0.3 is 12.2 Å². The molecule has 0 aliphatic rings. The van der Waals surface area contributed by atoms with Crippen molar-refractivity contribution in [3.05, 3.63) is 0 Å². The summed E-state index contributed by atoms with van der Waals surface area (Å²) in [6.45, 7) is 9.53. The first-order valence-corrected chi connectivity index (χ1v) is 8.43. The molecule has 0 aromatic carbocycles. The van der Waals surface area contributed by atoms with Crippen molar-refractivity contribution in [1.82, 2.24) is 0 Å². The van der Waals surface area contributed by atoms with E-state index in [-0.39, 0.29) is 12.5 Å². The first kappa shape index (κ1) is 14.8. The molecule has 0 aromatic heterocycles. The molecule has 2 amide bonds. The highest BCUT2D eigenvalue weighted by molar-refractivity contribution is 6.71. The molecule has 0 aromatic rings. The van der Waals surface area contributed by atoms with Crippen LogP contribution in [-0.2, 0) is 9.16 Å². The van der Waals surface area contributed by atoms with Crippen LogP contribution in [0, 0.1) is 5.92 Å². The van der Waals surface area contributed by atoms with E-state index in [2.05, 4.69) is 15.0 Å². The Morgan fingerprint density at radius 2 is 1.62 bits per heavy atom. The predicted molar refractivity (Wildman–Crippen MR) is 60.9 cm³/mol. The molecule has 0 saturated heterocycles. The van der Waals surface area contributed by atoms with Crippen molar-refractivity contribution < 1.29 is 18.8 Å². The van der Waals surface area contributed by atoms with Gasteiger partial charge in [0.05, 0.1) is 6.61 Å². The van der Waals surface area contributed by atoms with Crippen LogP contribution in [0.25, 0.3) is 0 Å². The Balaban J connectivity index is 3.99. The van der Waals surface area contributed by atoms with Gasteiger partial charge < -0.3 is 9.16 Å². The van der Waals surface area contributed by atoms with Crippen LogP contribution in [0.3, 0.4) is 0 Å². The number of amides is 2. The first-order valence-electron chi connectivity index (χ1n) is 5.02. The van der Waals surface area contributed by atoms with E-state index in [0.717, 1.165) is 0 Å². The monoisotopic (exact) mass is 246 g/mol. The molecule has 7 heteroatoms. The van der Waals surface area contributed by atoms with Gasteiger partial charge in [-0.25, -0.2) is 9.59 Å². The molecular formula is C9H18N2O4Si. The third-order valence-corrected chi connectivity index (χ3v) is 1.93. The van der Waals surface area contributed by atoms with Crippen LogP contribution >= 0.6 is 0 Å². The van der Waals surface area contributed by atoms with Crippen LogP contribution in [0.15, 0.2) is 10.2 Å². The first-order chi connectivity index (χ1) is 7.20. The molecule has 0 fully saturated rings. The van der Waals surface area contributed by atoms with Gasteiger partial charge in [-0.3, -0.25) is 0 Å². The van der Waals surface area contributed by atoms with Crippen LogP contribution in [0.1, 0.15) is 13.8 Å². The minimum Gasteiger partial charge on any atom is -0.502 e. The summed E-state index contributed by atoms with van der Waals surface area (Å²) in [5.74, 6) is 0.216.